The fourth-order valence-corrected chi connectivity index (χ4v) is 2.42. The number of rotatable bonds is 5. The van der Waals surface area contributed by atoms with E-state index in [1.165, 1.54) is 0 Å². The van der Waals surface area contributed by atoms with Gasteiger partial charge < -0.3 is 18.9 Å². The van der Waals surface area contributed by atoms with Crippen LogP contribution in [-0.4, -0.2) is 23.2 Å². The van der Waals surface area contributed by atoms with E-state index in [2.05, 4.69) is 9.97 Å². The number of aromatic nitrogens is 2. The SMILES string of the molecule is c1cnc(Oc2cccc(OCc3ccc4c(c3)OCCO4)c2)nc1. The lowest BCUT2D eigenvalue weighted by Gasteiger charge is -2.19. The van der Waals surface area contributed by atoms with E-state index in [1.807, 2.05) is 36.4 Å². The Morgan fingerprint density at radius 1 is 0.840 bits per heavy atom. The van der Waals surface area contributed by atoms with Gasteiger partial charge in [0.2, 0.25) is 0 Å². The number of benzene rings is 2. The highest BCUT2D eigenvalue weighted by atomic mass is 16.6. The van der Waals surface area contributed by atoms with Crippen LogP contribution in [0.1, 0.15) is 5.56 Å². The summed E-state index contributed by atoms with van der Waals surface area (Å²) < 4.78 is 22.6. The minimum absolute atomic E-state index is 0.298. The minimum Gasteiger partial charge on any atom is -0.489 e. The molecule has 0 bridgehead atoms. The zero-order valence-electron chi connectivity index (χ0n) is 13.4. The average Bonchev–Trinajstić information content (AvgIpc) is 2.67. The van der Waals surface area contributed by atoms with Crippen molar-refractivity contribution in [2.45, 2.75) is 6.61 Å². The molecular formula is C19H16N2O4. The molecule has 3 aromatic rings. The first-order valence-electron chi connectivity index (χ1n) is 7.93. The Hall–Kier alpha value is -3.28. The highest BCUT2D eigenvalue weighted by Gasteiger charge is 2.12. The number of fused-ring (bicyclic) bond motifs is 1. The summed E-state index contributed by atoms with van der Waals surface area (Å²) in [6, 6.07) is 15.2. The van der Waals surface area contributed by atoms with Gasteiger partial charge >= 0.3 is 6.01 Å². The largest absolute Gasteiger partial charge is 0.489 e. The molecule has 0 atom stereocenters. The molecular weight excluding hydrogens is 320 g/mol. The average molecular weight is 336 g/mol. The van der Waals surface area contributed by atoms with Gasteiger partial charge in [-0.25, -0.2) is 9.97 Å². The van der Waals surface area contributed by atoms with Crippen LogP contribution in [0, 0.1) is 0 Å². The van der Waals surface area contributed by atoms with Crippen molar-refractivity contribution < 1.29 is 18.9 Å². The van der Waals surface area contributed by atoms with Crippen molar-refractivity contribution in [1.82, 2.24) is 9.97 Å². The maximum Gasteiger partial charge on any atom is 0.321 e. The summed E-state index contributed by atoms with van der Waals surface area (Å²) in [6.45, 7) is 1.57. The molecule has 0 unspecified atom stereocenters. The van der Waals surface area contributed by atoms with Gasteiger partial charge in [-0.2, -0.15) is 0 Å². The van der Waals surface area contributed by atoms with E-state index >= 15 is 0 Å². The molecule has 0 spiro atoms. The number of nitrogens with zero attached hydrogens (tertiary/aromatic N) is 2. The molecule has 6 nitrogen and oxygen atoms in total. The highest BCUT2D eigenvalue weighted by Crippen LogP contribution is 2.31. The van der Waals surface area contributed by atoms with E-state index in [0.29, 0.717) is 37.3 Å². The molecule has 0 N–H and O–H groups in total. The van der Waals surface area contributed by atoms with Crippen molar-refractivity contribution in [2.24, 2.45) is 0 Å². The highest BCUT2D eigenvalue weighted by molar-refractivity contribution is 5.44. The predicted molar refractivity (Wildman–Crippen MR) is 90.3 cm³/mol. The van der Waals surface area contributed by atoms with Gasteiger partial charge in [-0.3, -0.25) is 0 Å². The zero-order valence-corrected chi connectivity index (χ0v) is 13.4. The van der Waals surface area contributed by atoms with Crippen LogP contribution < -0.4 is 18.9 Å². The van der Waals surface area contributed by atoms with E-state index in [4.69, 9.17) is 18.9 Å². The third-order valence-corrected chi connectivity index (χ3v) is 3.57. The summed E-state index contributed by atoms with van der Waals surface area (Å²) >= 11 is 0. The van der Waals surface area contributed by atoms with E-state index < -0.39 is 0 Å². The molecule has 0 saturated heterocycles. The topological polar surface area (TPSA) is 62.7 Å². The number of hydrogen-bond acceptors (Lipinski definition) is 6. The van der Waals surface area contributed by atoms with E-state index in [9.17, 15) is 0 Å². The molecule has 2 heterocycles. The van der Waals surface area contributed by atoms with Gasteiger partial charge in [0.15, 0.2) is 11.5 Å². The van der Waals surface area contributed by atoms with Gasteiger partial charge in [-0.1, -0.05) is 12.1 Å². The molecule has 126 valence electrons. The van der Waals surface area contributed by atoms with Crippen molar-refractivity contribution in [1.29, 1.82) is 0 Å². The van der Waals surface area contributed by atoms with Crippen LogP contribution >= 0.6 is 0 Å². The quantitative estimate of drug-likeness (QED) is 0.709. The first kappa shape index (κ1) is 15.3. The molecule has 0 aliphatic carbocycles. The second kappa shape index (κ2) is 7.09. The Bertz CT molecular complexity index is 855. The summed E-state index contributed by atoms with van der Waals surface area (Å²) in [5.41, 5.74) is 1.00. The van der Waals surface area contributed by atoms with E-state index in [0.717, 1.165) is 17.1 Å². The Morgan fingerprint density at radius 2 is 1.64 bits per heavy atom. The first-order valence-corrected chi connectivity index (χ1v) is 7.93. The molecule has 6 heteroatoms. The normalized spacial score (nSPS) is 12.5. The lowest BCUT2D eigenvalue weighted by molar-refractivity contribution is 0.171. The van der Waals surface area contributed by atoms with Crippen LogP contribution in [0.3, 0.4) is 0 Å². The van der Waals surface area contributed by atoms with Crippen LogP contribution in [0.25, 0.3) is 0 Å². The van der Waals surface area contributed by atoms with Crippen LogP contribution in [0.2, 0.25) is 0 Å². The maximum absolute atomic E-state index is 5.84. The lowest BCUT2D eigenvalue weighted by Crippen LogP contribution is -2.15. The van der Waals surface area contributed by atoms with Gasteiger partial charge in [0.25, 0.3) is 0 Å². The predicted octanol–water partition coefficient (Wildman–Crippen LogP) is 3.62. The Labute approximate surface area is 145 Å². The minimum atomic E-state index is 0.298. The lowest BCUT2D eigenvalue weighted by atomic mass is 10.2. The van der Waals surface area contributed by atoms with Crippen LogP contribution in [-0.2, 0) is 6.61 Å². The van der Waals surface area contributed by atoms with Crippen molar-refractivity contribution >= 4 is 0 Å². The summed E-state index contributed by atoms with van der Waals surface area (Å²) in [4.78, 5) is 8.08. The second-order valence-corrected chi connectivity index (χ2v) is 5.37. The summed E-state index contributed by atoms with van der Waals surface area (Å²) in [5, 5.41) is 0. The Kier molecular flexibility index (Phi) is 4.33. The van der Waals surface area contributed by atoms with Crippen LogP contribution in [0.15, 0.2) is 60.9 Å². The summed E-state index contributed by atoms with van der Waals surface area (Å²) in [7, 11) is 0. The fourth-order valence-electron chi connectivity index (χ4n) is 2.42. The molecule has 0 radical (unpaired) electrons. The van der Waals surface area contributed by atoms with Crippen molar-refractivity contribution in [3.8, 4) is 29.0 Å². The molecule has 0 saturated carbocycles. The molecule has 25 heavy (non-hydrogen) atoms. The number of hydrogen-bond donors (Lipinski definition) is 0. The van der Waals surface area contributed by atoms with Gasteiger partial charge in [-0.15, -0.1) is 0 Å². The molecule has 0 amide bonds. The Morgan fingerprint density at radius 3 is 2.52 bits per heavy atom. The van der Waals surface area contributed by atoms with Crippen molar-refractivity contribution in [3.63, 3.8) is 0 Å². The molecule has 2 aromatic carbocycles. The summed E-state index contributed by atoms with van der Waals surface area (Å²) in [6.07, 6.45) is 3.26. The first-order chi connectivity index (χ1) is 12.4. The zero-order chi connectivity index (χ0) is 16.9. The summed E-state index contributed by atoms with van der Waals surface area (Å²) in [5.74, 6) is 2.84. The fraction of sp³-hybridized carbons (Fsp3) is 0.158. The number of ether oxygens (including phenoxy) is 4. The third-order valence-electron chi connectivity index (χ3n) is 3.57. The molecule has 4 rings (SSSR count). The maximum atomic E-state index is 5.84. The standard InChI is InChI=1S/C19H16N2O4/c1-3-15(12-16(4-1)25-19-20-7-2-8-21-19)24-13-14-5-6-17-18(11-14)23-10-9-22-17/h1-8,11-12H,9-10,13H2. The molecule has 0 fully saturated rings. The second-order valence-electron chi connectivity index (χ2n) is 5.37. The van der Waals surface area contributed by atoms with Crippen molar-refractivity contribution in [2.75, 3.05) is 13.2 Å². The van der Waals surface area contributed by atoms with Gasteiger partial charge in [0.1, 0.15) is 31.3 Å². The molecule has 1 aliphatic rings. The van der Waals surface area contributed by atoms with Gasteiger partial charge in [-0.05, 0) is 35.9 Å². The smallest absolute Gasteiger partial charge is 0.321 e. The van der Waals surface area contributed by atoms with Crippen molar-refractivity contribution in [3.05, 3.63) is 66.5 Å². The monoisotopic (exact) mass is 336 g/mol. The van der Waals surface area contributed by atoms with Gasteiger partial charge in [0.05, 0.1) is 0 Å². The van der Waals surface area contributed by atoms with Crippen LogP contribution in [0.5, 0.6) is 29.0 Å². The van der Waals surface area contributed by atoms with E-state index in [-0.39, 0.29) is 0 Å². The molecule has 1 aromatic heterocycles. The Balaban J connectivity index is 1.42. The van der Waals surface area contributed by atoms with Crippen LogP contribution in [0.4, 0.5) is 0 Å². The molecule has 1 aliphatic heterocycles. The van der Waals surface area contributed by atoms with E-state index in [1.54, 1.807) is 24.5 Å². The van der Waals surface area contributed by atoms with Gasteiger partial charge in [0, 0.05) is 18.5 Å². The third kappa shape index (κ3) is 3.80.